The minimum atomic E-state index is -0.633. The summed E-state index contributed by atoms with van der Waals surface area (Å²) in [5.74, 6) is -1.70. The van der Waals surface area contributed by atoms with E-state index in [9.17, 15) is 14.3 Å². The van der Waals surface area contributed by atoms with E-state index in [-0.39, 0.29) is 5.56 Å². The van der Waals surface area contributed by atoms with E-state index in [0.717, 1.165) is 12.1 Å². The second-order valence-corrected chi connectivity index (χ2v) is 3.77. The van der Waals surface area contributed by atoms with Crippen LogP contribution in [0.15, 0.2) is 42.5 Å². The van der Waals surface area contributed by atoms with Crippen LogP contribution >= 0.6 is 0 Å². The van der Waals surface area contributed by atoms with Gasteiger partial charge in [-0.05, 0) is 24.3 Å². The number of anilines is 1. The highest BCUT2D eigenvalue weighted by molar-refractivity contribution is 6.06. The SMILES string of the molecule is N#Cc1ccccc1NC(=O)c1ccc(F)cc1O. The van der Waals surface area contributed by atoms with E-state index in [1.54, 1.807) is 24.3 Å². The van der Waals surface area contributed by atoms with Crippen molar-refractivity contribution >= 4 is 11.6 Å². The summed E-state index contributed by atoms with van der Waals surface area (Å²) in [6.07, 6.45) is 0. The summed E-state index contributed by atoms with van der Waals surface area (Å²) in [5, 5.41) is 20.9. The van der Waals surface area contributed by atoms with E-state index in [0.29, 0.717) is 11.3 Å². The molecule has 0 aliphatic rings. The van der Waals surface area contributed by atoms with E-state index in [1.165, 1.54) is 6.07 Å². The first-order valence-corrected chi connectivity index (χ1v) is 5.41. The lowest BCUT2D eigenvalue weighted by Crippen LogP contribution is -2.13. The van der Waals surface area contributed by atoms with Gasteiger partial charge in [-0.3, -0.25) is 4.79 Å². The molecule has 0 bridgehead atoms. The molecule has 0 heterocycles. The zero-order valence-electron chi connectivity index (χ0n) is 9.72. The molecule has 2 aromatic carbocycles. The Hall–Kier alpha value is -2.87. The lowest BCUT2D eigenvalue weighted by Gasteiger charge is -2.08. The van der Waals surface area contributed by atoms with Crippen LogP contribution in [0, 0.1) is 17.1 Å². The smallest absolute Gasteiger partial charge is 0.259 e. The van der Waals surface area contributed by atoms with Crippen molar-refractivity contribution in [2.45, 2.75) is 0 Å². The number of carbonyl (C=O) groups excluding carboxylic acids is 1. The van der Waals surface area contributed by atoms with Gasteiger partial charge in [0, 0.05) is 6.07 Å². The molecule has 2 aromatic rings. The van der Waals surface area contributed by atoms with Crippen LogP contribution in [0.2, 0.25) is 0 Å². The summed E-state index contributed by atoms with van der Waals surface area (Å²) in [6, 6.07) is 11.5. The third-order valence-corrected chi connectivity index (χ3v) is 2.50. The molecule has 0 atom stereocenters. The molecule has 0 aliphatic heterocycles. The van der Waals surface area contributed by atoms with E-state index < -0.39 is 17.5 Å². The summed E-state index contributed by atoms with van der Waals surface area (Å²) >= 11 is 0. The predicted octanol–water partition coefficient (Wildman–Crippen LogP) is 2.66. The normalized spacial score (nSPS) is 9.68. The molecule has 5 heteroatoms. The van der Waals surface area contributed by atoms with Crippen LogP contribution < -0.4 is 5.32 Å². The number of hydrogen-bond donors (Lipinski definition) is 2. The fraction of sp³-hybridized carbons (Fsp3) is 0. The molecule has 2 N–H and O–H groups in total. The number of aromatic hydroxyl groups is 1. The van der Waals surface area contributed by atoms with E-state index in [1.807, 2.05) is 6.07 Å². The molecule has 0 saturated carbocycles. The number of nitrogens with one attached hydrogen (secondary N) is 1. The lowest BCUT2D eigenvalue weighted by atomic mass is 10.1. The second kappa shape index (κ2) is 5.19. The van der Waals surface area contributed by atoms with Crippen molar-refractivity contribution in [2.24, 2.45) is 0 Å². The van der Waals surface area contributed by atoms with E-state index in [2.05, 4.69) is 5.32 Å². The molecular formula is C14H9FN2O2. The summed E-state index contributed by atoms with van der Waals surface area (Å²) in [5.41, 5.74) is 0.574. The zero-order valence-corrected chi connectivity index (χ0v) is 9.72. The first-order chi connectivity index (χ1) is 9.11. The number of phenolic OH excluding ortho intramolecular Hbond substituents is 1. The van der Waals surface area contributed by atoms with Crippen LogP contribution in [-0.4, -0.2) is 11.0 Å². The molecule has 0 radical (unpaired) electrons. The molecule has 2 rings (SSSR count). The Balaban J connectivity index is 2.29. The van der Waals surface area contributed by atoms with Crippen LogP contribution in [0.1, 0.15) is 15.9 Å². The molecule has 0 fully saturated rings. The highest BCUT2D eigenvalue weighted by Gasteiger charge is 2.13. The number of nitriles is 1. The lowest BCUT2D eigenvalue weighted by molar-refractivity contribution is 0.102. The number of hydrogen-bond acceptors (Lipinski definition) is 3. The minimum absolute atomic E-state index is 0.0610. The van der Waals surface area contributed by atoms with Crippen molar-refractivity contribution in [3.8, 4) is 11.8 Å². The Kier molecular flexibility index (Phi) is 3.44. The van der Waals surface area contributed by atoms with Crippen molar-refractivity contribution in [1.29, 1.82) is 5.26 Å². The molecule has 0 aromatic heterocycles. The minimum Gasteiger partial charge on any atom is -0.507 e. The van der Waals surface area contributed by atoms with Crippen molar-refractivity contribution in [3.05, 3.63) is 59.4 Å². The molecule has 0 saturated heterocycles. The van der Waals surface area contributed by atoms with Gasteiger partial charge in [0.05, 0.1) is 16.8 Å². The van der Waals surface area contributed by atoms with Crippen LogP contribution in [-0.2, 0) is 0 Å². The van der Waals surface area contributed by atoms with Gasteiger partial charge >= 0.3 is 0 Å². The first-order valence-electron chi connectivity index (χ1n) is 5.41. The van der Waals surface area contributed by atoms with Gasteiger partial charge in [0.1, 0.15) is 17.6 Å². The van der Waals surface area contributed by atoms with Crippen LogP contribution in [0.4, 0.5) is 10.1 Å². The van der Waals surface area contributed by atoms with Crippen molar-refractivity contribution in [1.82, 2.24) is 0 Å². The number of halogens is 1. The topological polar surface area (TPSA) is 73.1 Å². The highest BCUT2D eigenvalue weighted by atomic mass is 19.1. The molecule has 0 aliphatic carbocycles. The van der Waals surface area contributed by atoms with Gasteiger partial charge in [-0.1, -0.05) is 12.1 Å². The number of benzene rings is 2. The molecular weight excluding hydrogens is 247 g/mol. The maximum absolute atomic E-state index is 12.8. The number of carbonyl (C=O) groups is 1. The van der Waals surface area contributed by atoms with Crippen LogP contribution in [0.25, 0.3) is 0 Å². The molecule has 0 spiro atoms. The van der Waals surface area contributed by atoms with Crippen LogP contribution in [0.5, 0.6) is 5.75 Å². The Labute approximate surface area is 108 Å². The number of para-hydroxylation sites is 1. The average Bonchev–Trinajstić information content (AvgIpc) is 2.39. The predicted molar refractivity (Wildman–Crippen MR) is 67.2 cm³/mol. The largest absolute Gasteiger partial charge is 0.507 e. The van der Waals surface area contributed by atoms with Crippen molar-refractivity contribution in [2.75, 3.05) is 5.32 Å². The quantitative estimate of drug-likeness (QED) is 0.867. The van der Waals surface area contributed by atoms with Crippen LogP contribution in [0.3, 0.4) is 0 Å². The van der Waals surface area contributed by atoms with Gasteiger partial charge in [-0.15, -0.1) is 0 Å². The zero-order chi connectivity index (χ0) is 13.8. The Morgan fingerprint density at radius 1 is 1.26 bits per heavy atom. The summed E-state index contributed by atoms with van der Waals surface area (Å²) < 4.78 is 12.8. The third kappa shape index (κ3) is 2.69. The Bertz CT molecular complexity index is 677. The maximum atomic E-state index is 12.8. The van der Waals surface area contributed by atoms with Gasteiger partial charge in [0.2, 0.25) is 0 Å². The standard InChI is InChI=1S/C14H9FN2O2/c15-10-5-6-11(13(18)7-10)14(19)17-12-4-2-1-3-9(12)8-16/h1-7,18H,(H,17,19). The van der Waals surface area contributed by atoms with Gasteiger partial charge in [-0.25, -0.2) is 4.39 Å². The van der Waals surface area contributed by atoms with Gasteiger partial charge in [-0.2, -0.15) is 5.26 Å². The first kappa shape index (κ1) is 12.6. The highest BCUT2D eigenvalue weighted by Crippen LogP contribution is 2.21. The van der Waals surface area contributed by atoms with Gasteiger partial charge in [0.15, 0.2) is 0 Å². The maximum Gasteiger partial charge on any atom is 0.259 e. The van der Waals surface area contributed by atoms with Crippen molar-refractivity contribution in [3.63, 3.8) is 0 Å². The molecule has 19 heavy (non-hydrogen) atoms. The average molecular weight is 256 g/mol. The fourth-order valence-corrected chi connectivity index (χ4v) is 1.58. The summed E-state index contributed by atoms with van der Waals surface area (Å²) in [4.78, 5) is 11.9. The monoisotopic (exact) mass is 256 g/mol. The Morgan fingerprint density at radius 2 is 2.00 bits per heavy atom. The number of nitrogens with zero attached hydrogens (tertiary/aromatic N) is 1. The fourth-order valence-electron chi connectivity index (χ4n) is 1.58. The summed E-state index contributed by atoms with van der Waals surface area (Å²) in [7, 11) is 0. The molecule has 4 nitrogen and oxygen atoms in total. The third-order valence-electron chi connectivity index (χ3n) is 2.50. The summed E-state index contributed by atoms with van der Waals surface area (Å²) in [6.45, 7) is 0. The molecule has 0 unspecified atom stereocenters. The Morgan fingerprint density at radius 3 is 2.68 bits per heavy atom. The van der Waals surface area contributed by atoms with E-state index >= 15 is 0 Å². The number of amides is 1. The molecule has 94 valence electrons. The van der Waals surface area contributed by atoms with Gasteiger partial charge in [0.25, 0.3) is 5.91 Å². The van der Waals surface area contributed by atoms with Crippen molar-refractivity contribution < 1.29 is 14.3 Å². The number of phenols is 1. The van der Waals surface area contributed by atoms with E-state index in [4.69, 9.17) is 5.26 Å². The second-order valence-electron chi connectivity index (χ2n) is 3.77. The number of rotatable bonds is 2. The van der Waals surface area contributed by atoms with Gasteiger partial charge < -0.3 is 10.4 Å². The molecule has 1 amide bonds.